The molecule has 5 nitrogen and oxygen atoms in total. The maximum atomic E-state index is 11.6. The van der Waals surface area contributed by atoms with Crippen LogP contribution in [0.3, 0.4) is 0 Å². The average molecular weight is 247 g/mol. The van der Waals surface area contributed by atoms with Crippen molar-refractivity contribution in [3.63, 3.8) is 0 Å². The van der Waals surface area contributed by atoms with Crippen molar-refractivity contribution in [3.8, 4) is 0 Å². The van der Waals surface area contributed by atoms with Crippen LogP contribution in [0.25, 0.3) is 0 Å². The highest BCUT2D eigenvalue weighted by molar-refractivity contribution is 5.83. The first-order valence-corrected chi connectivity index (χ1v) is 5.67. The van der Waals surface area contributed by atoms with Crippen LogP contribution in [-0.2, 0) is 4.79 Å². The monoisotopic (exact) mass is 247 g/mol. The molecule has 0 spiro atoms. The van der Waals surface area contributed by atoms with E-state index in [1.54, 1.807) is 20.8 Å². The highest BCUT2D eigenvalue weighted by Crippen LogP contribution is 2.14. The van der Waals surface area contributed by atoms with Gasteiger partial charge < -0.3 is 10.6 Å². The molecule has 0 atom stereocenters. The number of rotatable bonds is 5. The topological polar surface area (TPSA) is 89.1 Å². The average Bonchev–Trinajstić information content (AvgIpc) is 2.08. The molecular weight excluding hydrogens is 222 g/mol. The molecular formula is C12H25NO4. The molecule has 0 aromatic heterocycles. The molecule has 0 bridgehead atoms. The number of carbonyl (C=O) groups is 2. The van der Waals surface area contributed by atoms with Crippen LogP contribution in [0.1, 0.15) is 47.5 Å². The van der Waals surface area contributed by atoms with Crippen molar-refractivity contribution >= 4 is 11.9 Å². The predicted molar refractivity (Wildman–Crippen MR) is 67.2 cm³/mol. The van der Waals surface area contributed by atoms with E-state index >= 15 is 0 Å². The molecule has 0 rings (SSSR count). The first-order chi connectivity index (χ1) is 7.14. The molecule has 0 aliphatic carbocycles. The van der Waals surface area contributed by atoms with Gasteiger partial charge in [-0.05, 0) is 33.1 Å². The molecule has 0 aliphatic heterocycles. The summed E-state index contributed by atoms with van der Waals surface area (Å²) in [5.41, 5.74) is -0.528. The fraction of sp³-hybridized carbons (Fsp3) is 0.833. The van der Waals surface area contributed by atoms with Crippen LogP contribution in [0.2, 0.25) is 0 Å². The maximum absolute atomic E-state index is 11.6. The Hall–Kier alpha value is -1.10. The van der Waals surface area contributed by atoms with Crippen molar-refractivity contribution in [2.75, 3.05) is 6.54 Å². The summed E-state index contributed by atoms with van der Waals surface area (Å²) in [6, 6.07) is 0. The van der Waals surface area contributed by atoms with Crippen LogP contribution in [-0.4, -0.2) is 39.4 Å². The van der Waals surface area contributed by atoms with Crippen molar-refractivity contribution in [2.45, 2.75) is 53.0 Å². The minimum atomic E-state index is -1.04. The summed E-state index contributed by atoms with van der Waals surface area (Å²) in [5.74, 6) is 0.461. The van der Waals surface area contributed by atoms with Gasteiger partial charge in [-0.3, -0.25) is 9.69 Å². The van der Waals surface area contributed by atoms with Gasteiger partial charge in [-0.1, -0.05) is 13.8 Å². The lowest BCUT2D eigenvalue weighted by molar-refractivity contribution is -0.121. The number of Topliss-reactive ketones (excluding diaryl/α,β-unsaturated/α-hetero) is 1. The van der Waals surface area contributed by atoms with Crippen LogP contribution in [0.4, 0.5) is 4.79 Å². The molecule has 5 heteroatoms. The molecule has 0 radical (unpaired) electrons. The molecule has 0 heterocycles. The van der Waals surface area contributed by atoms with Gasteiger partial charge in [-0.2, -0.15) is 0 Å². The zero-order valence-electron chi connectivity index (χ0n) is 11.4. The largest absolute Gasteiger partial charge is 0.465 e. The Bertz CT molecular complexity index is 256. The van der Waals surface area contributed by atoms with Crippen molar-refractivity contribution in [1.82, 2.24) is 4.90 Å². The third-order valence-electron chi connectivity index (χ3n) is 2.38. The molecule has 0 aromatic rings. The molecule has 0 saturated carbocycles. The van der Waals surface area contributed by atoms with Gasteiger partial charge in [0.2, 0.25) is 0 Å². The van der Waals surface area contributed by atoms with E-state index in [1.807, 2.05) is 13.8 Å². The van der Waals surface area contributed by atoms with E-state index in [9.17, 15) is 9.59 Å². The second-order valence-electron chi connectivity index (χ2n) is 5.51. The van der Waals surface area contributed by atoms with E-state index in [-0.39, 0.29) is 17.8 Å². The molecule has 102 valence electrons. The van der Waals surface area contributed by atoms with E-state index in [4.69, 9.17) is 5.11 Å². The maximum Gasteiger partial charge on any atom is 0.408 e. The molecule has 0 fully saturated rings. The van der Waals surface area contributed by atoms with E-state index in [2.05, 4.69) is 0 Å². The molecule has 0 aliphatic rings. The Morgan fingerprint density at radius 3 is 2.00 bits per heavy atom. The lowest BCUT2D eigenvalue weighted by Gasteiger charge is -2.32. The summed E-state index contributed by atoms with van der Waals surface area (Å²) in [6.07, 6.45) is 0.235. The Balaban J connectivity index is 0. The standard InChI is InChI=1S/C12H23NO3.H2O/c1-9(2)6-7-10(14)8-13(11(15)16)12(3,4)5;/h9H,6-8H2,1-5H3,(H,15,16);1H2. The Labute approximate surface area is 103 Å². The zero-order chi connectivity index (χ0) is 12.9. The van der Waals surface area contributed by atoms with Gasteiger partial charge in [0.25, 0.3) is 0 Å². The van der Waals surface area contributed by atoms with E-state index < -0.39 is 11.6 Å². The summed E-state index contributed by atoms with van der Waals surface area (Å²) in [5, 5.41) is 9.01. The Kier molecular flexibility index (Phi) is 7.81. The van der Waals surface area contributed by atoms with Crippen molar-refractivity contribution in [1.29, 1.82) is 0 Å². The third-order valence-corrected chi connectivity index (χ3v) is 2.38. The normalized spacial score (nSPS) is 10.9. The fourth-order valence-corrected chi connectivity index (χ4v) is 1.30. The molecule has 0 saturated heterocycles. The first kappa shape index (κ1) is 18.3. The quantitative estimate of drug-likeness (QED) is 0.805. The number of amides is 1. The van der Waals surface area contributed by atoms with Gasteiger partial charge in [-0.25, -0.2) is 4.79 Å². The van der Waals surface area contributed by atoms with Crippen LogP contribution in [0, 0.1) is 5.92 Å². The molecule has 1 amide bonds. The number of hydrogen-bond acceptors (Lipinski definition) is 2. The smallest absolute Gasteiger partial charge is 0.408 e. The van der Waals surface area contributed by atoms with Gasteiger partial charge in [-0.15, -0.1) is 0 Å². The lowest BCUT2D eigenvalue weighted by atomic mass is 10.0. The third kappa shape index (κ3) is 7.74. The summed E-state index contributed by atoms with van der Waals surface area (Å²) in [6.45, 7) is 9.45. The number of carbonyl (C=O) groups excluding carboxylic acids is 1. The highest BCUT2D eigenvalue weighted by atomic mass is 16.4. The number of carboxylic acid groups (broad SMARTS) is 1. The van der Waals surface area contributed by atoms with Crippen molar-refractivity contribution < 1.29 is 20.2 Å². The Morgan fingerprint density at radius 2 is 1.71 bits per heavy atom. The zero-order valence-corrected chi connectivity index (χ0v) is 11.4. The number of nitrogens with zero attached hydrogens (tertiary/aromatic N) is 1. The minimum absolute atomic E-state index is 0. The van der Waals surface area contributed by atoms with E-state index in [0.717, 1.165) is 6.42 Å². The van der Waals surface area contributed by atoms with Gasteiger partial charge >= 0.3 is 6.09 Å². The molecule has 0 aromatic carbocycles. The second-order valence-corrected chi connectivity index (χ2v) is 5.51. The van der Waals surface area contributed by atoms with E-state index in [0.29, 0.717) is 12.3 Å². The summed E-state index contributed by atoms with van der Waals surface area (Å²) < 4.78 is 0. The first-order valence-electron chi connectivity index (χ1n) is 5.67. The molecule has 0 unspecified atom stereocenters. The molecule has 3 N–H and O–H groups in total. The van der Waals surface area contributed by atoms with Gasteiger partial charge in [0.05, 0.1) is 6.54 Å². The van der Waals surface area contributed by atoms with Gasteiger partial charge in [0.1, 0.15) is 0 Å². The Morgan fingerprint density at radius 1 is 1.24 bits per heavy atom. The van der Waals surface area contributed by atoms with Crippen LogP contribution in [0.15, 0.2) is 0 Å². The number of hydrogen-bond donors (Lipinski definition) is 1. The fourth-order valence-electron chi connectivity index (χ4n) is 1.30. The predicted octanol–water partition coefficient (Wildman–Crippen LogP) is 1.95. The summed E-state index contributed by atoms with van der Waals surface area (Å²) in [7, 11) is 0. The van der Waals surface area contributed by atoms with Gasteiger partial charge in [0.15, 0.2) is 5.78 Å². The SMILES string of the molecule is CC(C)CCC(=O)CN(C(=O)O)C(C)(C)C.O. The van der Waals surface area contributed by atoms with Crippen LogP contribution >= 0.6 is 0 Å². The summed E-state index contributed by atoms with van der Waals surface area (Å²) >= 11 is 0. The second kappa shape index (κ2) is 7.27. The van der Waals surface area contributed by atoms with E-state index in [1.165, 1.54) is 4.90 Å². The van der Waals surface area contributed by atoms with Crippen LogP contribution < -0.4 is 0 Å². The van der Waals surface area contributed by atoms with Crippen molar-refractivity contribution in [2.24, 2.45) is 5.92 Å². The van der Waals surface area contributed by atoms with Crippen molar-refractivity contribution in [3.05, 3.63) is 0 Å². The lowest BCUT2D eigenvalue weighted by Crippen LogP contribution is -2.47. The molecule has 17 heavy (non-hydrogen) atoms. The minimum Gasteiger partial charge on any atom is -0.465 e. The summed E-state index contributed by atoms with van der Waals surface area (Å²) in [4.78, 5) is 23.8. The number of ketones is 1. The van der Waals surface area contributed by atoms with Gasteiger partial charge in [0, 0.05) is 12.0 Å². The van der Waals surface area contributed by atoms with Crippen LogP contribution in [0.5, 0.6) is 0 Å². The highest BCUT2D eigenvalue weighted by Gasteiger charge is 2.27.